The van der Waals surface area contributed by atoms with E-state index in [-0.39, 0.29) is 5.69 Å². The SMILES string of the molecule is Cc1ccc2c([N+](=O)[O-])cncc2c1. The normalized spacial score (nSPS) is 10.4. The second-order valence-electron chi connectivity index (χ2n) is 3.14. The van der Waals surface area contributed by atoms with Crippen LogP contribution >= 0.6 is 0 Å². The van der Waals surface area contributed by atoms with Gasteiger partial charge >= 0.3 is 0 Å². The number of fused-ring (bicyclic) bond motifs is 1. The van der Waals surface area contributed by atoms with E-state index in [1.165, 1.54) is 6.20 Å². The monoisotopic (exact) mass is 188 g/mol. The molecule has 0 fully saturated rings. The smallest absolute Gasteiger partial charge is 0.258 e. The fourth-order valence-corrected chi connectivity index (χ4v) is 1.43. The van der Waals surface area contributed by atoms with Gasteiger partial charge < -0.3 is 0 Å². The van der Waals surface area contributed by atoms with E-state index < -0.39 is 4.92 Å². The van der Waals surface area contributed by atoms with Crippen molar-refractivity contribution in [3.8, 4) is 0 Å². The molecule has 1 aromatic heterocycles. The summed E-state index contributed by atoms with van der Waals surface area (Å²) in [6, 6.07) is 5.50. The molecule has 4 nitrogen and oxygen atoms in total. The summed E-state index contributed by atoms with van der Waals surface area (Å²) in [5, 5.41) is 12.1. The quantitative estimate of drug-likeness (QED) is 0.510. The summed E-state index contributed by atoms with van der Waals surface area (Å²) in [5.41, 5.74) is 1.13. The molecular formula is C10H8N2O2. The Balaban J connectivity index is 2.81. The van der Waals surface area contributed by atoms with Gasteiger partial charge in [0.05, 0.1) is 10.3 Å². The summed E-state index contributed by atoms with van der Waals surface area (Å²) in [7, 11) is 0. The standard InChI is InChI=1S/C10H8N2O2/c1-7-2-3-9-8(4-7)5-11-6-10(9)12(13)14/h2-6H,1H3. The highest BCUT2D eigenvalue weighted by Gasteiger charge is 2.10. The Labute approximate surface area is 80.4 Å². The average Bonchev–Trinajstić information content (AvgIpc) is 2.16. The van der Waals surface area contributed by atoms with E-state index in [1.54, 1.807) is 12.3 Å². The zero-order valence-corrected chi connectivity index (χ0v) is 7.60. The van der Waals surface area contributed by atoms with Crippen molar-refractivity contribution in [3.63, 3.8) is 0 Å². The van der Waals surface area contributed by atoms with E-state index in [4.69, 9.17) is 0 Å². The second-order valence-corrected chi connectivity index (χ2v) is 3.14. The molecule has 1 aromatic carbocycles. The Bertz CT molecular complexity index is 508. The van der Waals surface area contributed by atoms with Gasteiger partial charge in [-0.1, -0.05) is 11.6 Å². The van der Waals surface area contributed by atoms with Crippen LogP contribution < -0.4 is 0 Å². The number of aryl methyl sites for hydroxylation is 1. The third-order valence-electron chi connectivity index (χ3n) is 2.09. The van der Waals surface area contributed by atoms with E-state index in [9.17, 15) is 10.1 Å². The summed E-state index contributed by atoms with van der Waals surface area (Å²) in [4.78, 5) is 14.1. The molecule has 0 radical (unpaired) electrons. The second kappa shape index (κ2) is 3.06. The molecular weight excluding hydrogens is 180 g/mol. The Morgan fingerprint density at radius 1 is 1.36 bits per heavy atom. The molecule has 0 saturated carbocycles. The summed E-state index contributed by atoms with van der Waals surface area (Å²) in [6.07, 6.45) is 2.91. The predicted molar refractivity (Wildman–Crippen MR) is 53.1 cm³/mol. The molecule has 0 amide bonds. The van der Waals surface area contributed by atoms with Gasteiger partial charge in [-0.25, -0.2) is 0 Å². The molecule has 0 aliphatic heterocycles. The van der Waals surface area contributed by atoms with Crippen LogP contribution in [-0.2, 0) is 0 Å². The van der Waals surface area contributed by atoms with Gasteiger partial charge in [-0.3, -0.25) is 15.1 Å². The number of rotatable bonds is 1. The van der Waals surface area contributed by atoms with Crippen LogP contribution in [0.5, 0.6) is 0 Å². The first-order valence-corrected chi connectivity index (χ1v) is 4.17. The minimum atomic E-state index is -0.412. The third-order valence-corrected chi connectivity index (χ3v) is 2.09. The number of nitro groups is 1. The molecule has 0 atom stereocenters. The maximum absolute atomic E-state index is 10.7. The lowest BCUT2D eigenvalue weighted by molar-refractivity contribution is -0.383. The highest BCUT2D eigenvalue weighted by atomic mass is 16.6. The van der Waals surface area contributed by atoms with Crippen molar-refractivity contribution in [3.05, 3.63) is 46.3 Å². The molecule has 0 saturated heterocycles. The zero-order chi connectivity index (χ0) is 10.1. The first kappa shape index (κ1) is 8.62. The van der Waals surface area contributed by atoms with Crippen LogP contribution in [0.2, 0.25) is 0 Å². The molecule has 0 aliphatic rings. The van der Waals surface area contributed by atoms with Crippen molar-refractivity contribution in [1.29, 1.82) is 0 Å². The Kier molecular flexibility index (Phi) is 1.89. The lowest BCUT2D eigenvalue weighted by atomic mass is 10.1. The predicted octanol–water partition coefficient (Wildman–Crippen LogP) is 2.45. The highest BCUT2D eigenvalue weighted by Crippen LogP contribution is 2.24. The number of aromatic nitrogens is 1. The van der Waals surface area contributed by atoms with Crippen LogP contribution in [0.3, 0.4) is 0 Å². The molecule has 2 rings (SSSR count). The number of benzene rings is 1. The maximum Gasteiger partial charge on any atom is 0.295 e. The van der Waals surface area contributed by atoms with Crippen LogP contribution in [0.15, 0.2) is 30.6 Å². The van der Waals surface area contributed by atoms with Crippen LogP contribution in [0.25, 0.3) is 10.8 Å². The van der Waals surface area contributed by atoms with E-state index in [1.807, 2.05) is 19.1 Å². The van der Waals surface area contributed by atoms with Crippen molar-refractivity contribution < 1.29 is 4.92 Å². The van der Waals surface area contributed by atoms with Crippen molar-refractivity contribution in [2.45, 2.75) is 6.92 Å². The van der Waals surface area contributed by atoms with Gasteiger partial charge in [0.2, 0.25) is 0 Å². The van der Waals surface area contributed by atoms with Gasteiger partial charge in [0.1, 0.15) is 6.20 Å². The van der Waals surface area contributed by atoms with Crippen LogP contribution in [0.1, 0.15) is 5.56 Å². The molecule has 0 aliphatic carbocycles. The summed E-state index contributed by atoms with van der Waals surface area (Å²) >= 11 is 0. The topological polar surface area (TPSA) is 56.0 Å². The average molecular weight is 188 g/mol. The molecule has 14 heavy (non-hydrogen) atoms. The Hall–Kier alpha value is -1.97. The largest absolute Gasteiger partial charge is 0.295 e. The fourth-order valence-electron chi connectivity index (χ4n) is 1.43. The zero-order valence-electron chi connectivity index (χ0n) is 7.60. The maximum atomic E-state index is 10.7. The molecule has 4 heteroatoms. The molecule has 2 aromatic rings. The van der Waals surface area contributed by atoms with Crippen LogP contribution in [0.4, 0.5) is 5.69 Å². The van der Waals surface area contributed by atoms with Gasteiger partial charge in [0.25, 0.3) is 5.69 Å². The van der Waals surface area contributed by atoms with Gasteiger partial charge in [0, 0.05) is 11.6 Å². The van der Waals surface area contributed by atoms with Gasteiger partial charge in [-0.2, -0.15) is 0 Å². The molecule has 70 valence electrons. The first-order chi connectivity index (χ1) is 6.68. The van der Waals surface area contributed by atoms with E-state index in [0.29, 0.717) is 5.39 Å². The lowest BCUT2D eigenvalue weighted by Gasteiger charge is -1.99. The lowest BCUT2D eigenvalue weighted by Crippen LogP contribution is -1.90. The van der Waals surface area contributed by atoms with Crippen LogP contribution in [0, 0.1) is 17.0 Å². The number of pyridine rings is 1. The molecule has 0 spiro atoms. The van der Waals surface area contributed by atoms with E-state index >= 15 is 0 Å². The molecule has 0 N–H and O–H groups in total. The van der Waals surface area contributed by atoms with Crippen molar-refractivity contribution in [2.75, 3.05) is 0 Å². The van der Waals surface area contributed by atoms with Gasteiger partial charge in [0.15, 0.2) is 0 Å². The van der Waals surface area contributed by atoms with Crippen molar-refractivity contribution >= 4 is 16.5 Å². The summed E-state index contributed by atoms with van der Waals surface area (Å²) < 4.78 is 0. The number of hydrogen-bond donors (Lipinski definition) is 0. The molecule has 0 bridgehead atoms. The summed E-state index contributed by atoms with van der Waals surface area (Å²) in [5.74, 6) is 0. The Morgan fingerprint density at radius 2 is 2.14 bits per heavy atom. The fraction of sp³-hybridized carbons (Fsp3) is 0.100. The molecule has 1 heterocycles. The summed E-state index contributed by atoms with van der Waals surface area (Å²) in [6.45, 7) is 1.94. The first-order valence-electron chi connectivity index (χ1n) is 4.17. The highest BCUT2D eigenvalue weighted by molar-refractivity contribution is 5.90. The number of hydrogen-bond acceptors (Lipinski definition) is 3. The van der Waals surface area contributed by atoms with Crippen LogP contribution in [-0.4, -0.2) is 9.91 Å². The van der Waals surface area contributed by atoms with E-state index in [2.05, 4.69) is 4.98 Å². The molecule has 0 unspecified atom stereocenters. The van der Waals surface area contributed by atoms with Gasteiger partial charge in [-0.05, 0) is 19.1 Å². The third kappa shape index (κ3) is 1.31. The number of nitrogens with zero attached hydrogens (tertiary/aromatic N) is 2. The van der Waals surface area contributed by atoms with Crippen molar-refractivity contribution in [2.24, 2.45) is 0 Å². The minimum absolute atomic E-state index is 0.0579. The minimum Gasteiger partial charge on any atom is -0.258 e. The van der Waals surface area contributed by atoms with E-state index in [0.717, 1.165) is 10.9 Å². The van der Waals surface area contributed by atoms with Crippen molar-refractivity contribution in [1.82, 2.24) is 4.98 Å². The Morgan fingerprint density at radius 3 is 2.86 bits per heavy atom. The van der Waals surface area contributed by atoms with Gasteiger partial charge in [-0.15, -0.1) is 0 Å².